The third-order valence-electron chi connectivity index (χ3n) is 3.96. The number of carboxylic acid groups (broad SMARTS) is 1. The van der Waals surface area contributed by atoms with E-state index in [-0.39, 0.29) is 5.92 Å². The Morgan fingerprint density at radius 1 is 1.19 bits per heavy atom. The van der Waals surface area contributed by atoms with E-state index in [0.717, 1.165) is 30.7 Å². The van der Waals surface area contributed by atoms with Crippen LogP contribution in [0, 0.1) is 5.41 Å². The number of carboxylic acids is 1. The summed E-state index contributed by atoms with van der Waals surface area (Å²) >= 11 is 1.30. The van der Waals surface area contributed by atoms with Crippen LogP contribution in [-0.2, 0) is 9.59 Å². The van der Waals surface area contributed by atoms with Gasteiger partial charge in [0.25, 0.3) is 0 Å². The average molecular weight is 311 g/mol. The quantitative estimate of drug-likeness (QED) is 0.658. The molecule has 1 fully saturated rings. The van der Waals surface area contributed by atoms with Crippen LogP contribution in [0.15, 0.2) is 0 Å². The van der Waals surface area contributed by atoms with Crippen LogP contribution in [0.2, 0.25) is 0 Å². The fourth-order valence-corrected chi connectivity index (χ4v) is 3.35. The number of anilines is 1. The summed E-state index contributed by atoms with van der Waals surface area (Å²) in [6, 6.07) is 0. The van der Waals surface area contributed by atoms with Crippen LogP contribution >= 0.6 is 11.3 Å². The molecule has 1 amide bonds. The van der Waals surface area contributed by atoms with Crippen LogP contribution < -0.4 is 5.32 Å². The maximum atomic E-state index is 12.5. The molecule has 116 valence electrons. The van der Waals surface area contributed by atoms with Gasteiger partial charge in [-0.2, -0.15) is 0 Å². The number of hydrogen-bond acceptors (Lipinski definition) is 5. The van der Waals surface area contributed by atoms with E-state index in [4.69, 9.17) is 0 Å². The topological polar surface area (TPSA) is 92.2 Å². The molecule has 0 unspecified atom stereocenters. The summed E-state index contributed by atoms with van der Waals surface area (Å²) in [6.45, 7) is 3.99. The van der Waals surface area contributed by atoms with Crippen molar-refractivity contribution in [1.82, 2.24) is 10.2 Å². The monoisotopic (exact) mass is 311 g/mol. The molecule has 1 aromatic heterocycles. The van der Waals surface area contributed by atoms with Crippen molar-refractivity contribution in [2.45, 2.75) is 58.3 Å². The van der Waals surface area contributed by atoms with Crippen LogP contribution in [0.4, 0.5) is 5.13 Å². The molecule has 2 rings (SSSR count). The van der Waals surface area contributed by atoms with Gasteiger partial charge in [-0.1, -0.05) is 50.9 Å². The molecule has 0 aromatic carbocycles. The van der Waals surface area contributed by atoms with E-state index in [9.17, 15) is 14.7 Å². The Morgan fingerprint density at radius 3 is 2.29 bits per heavy atom. The van der Waals surface area contributed by atoms with Crippen LogP contribution in [0.3, 0.4) is 0 Å². The van der Waals surface area contributed by atoms with Crippen molar-refractivity contribution in [3.05, 3.63) is 5.01 Å². The fraction of sp³-hybridized carbons (Fsp3) is 0.714. The first-order valence-electron chi connectivity index (χ1n) is 7.34. The number of carbonyl (C=O) groups is 2. The molecule has 0 saturated heterocycles. The van der Waals surface area contributed by atoms with Gasteiger partial charge in [0.2, 0.25) is 11.0 Å². The van der Waals surface area contributed by atoms with Crippen LogP contribution in [0.25, 0.3) is 0 Å². The van der Waals surface area contributed by atoms with Crippen molar-refractivity contribution in [3.8, 4) is 0 Å². The summed E-state index contributed by atoms with van der Waals surface area (Å²) < 4.78 is 0. The molecule has 1 aliphatic carbocycles. The smallest absolute Gasteiger partial charge is 0.319 e. The average Bonchev–Trinajstić information content (AvgIpc) is 2.74. The van der Waals surface area contributed by atoms with E-state index in [2.05, 4.69) is 15.5 Å². The highest BCUT2D eigenvalue weighted by Gasteiger charge is 2.46. The first-order valence-corrected chi connectivity index (χ1v) is 8.15. The summed E-state index contributed by atoms with van der Waals surface area (Å²) in [6.07, 6.45) is 4.30. The number of amides is 1. The van der Waals surface area contributed by atoms with Gasteiger partial charge in [-0.15, -0.1) is 10.2 Å². The molecular formula is C14H21N3O3S. The second-order valence-electron chi connectivity index (χ2n) is 5.86. The zero-order chi connectivity index (χ0) is 15.5. The van der Waals surface area contributed by atoms with Crippen LogP contribution in [0.5, 0.6) is 0 Å². The Bertz CT molecular complexity index is 519. The Labute approximate surface area is 128 Å². The van der Waals surface area contributed by atoms with E-state index >= 15 is 0 Å². The van der Waals surface area contributed by atoms with Crippen molar-refractivity contribution in [2.24, 2.45) is 5.41 Å². The standard InChI is InChI=1S/C14H21N3O3S/c1-9(2)10-16-17-13(21-10)15-11(18)14(12(19)20)7-5-3-4-6-8-14/h9H,3-8H2,1-2H3,(H,19,20)(H,15,17,18). The molecule has 0 bridgehead atoms. The minimum absolute atomic E-state index is 0.236. The van der Waals surface area contributed by atoms with Gasteiger partial charge in [-0.05, 0) is 12.8 Å². The fourth-order valence-electron chi connectivity index (χ4n) is 2.61. The van der Waals surface area contributed by atoms with Gasteiger partial charge in [0.1, 0.15) is 10.4 Å². The van der Waals surface area contributed by atoms with Crippen LogP contribution in [-0.4, -0.2) is 27.2 Å². The molecule has 21 heavy (non-hydrogen) atoms. The number of hydrogen-bond donors (Lipinski definition) is 2. The Morgan fingerprint density at radius 2 is 1.81 bits per heavy atom. The Balaban J connectivity index is 2.16. The number of nitrogens with zero attached hydrogens (tertiary/aromatic N) is 2. The lowest BCUT2D eigenvalue weighted by Crippen LogP contribution is -2.42. The molecule has 7 heteroatoms. The summed E-state index contributed by atoms with van der Waals surface area (Å²) in [5, 5.41) is 21.4. The van der Waals surface area contributed by atoms with E-state index in [1.165, 1.54) is 11.3 Å². The summed E-state index contributed by atoms with van der Waals surface area (Å²) in [7, 11) is 0. The summed E-state index contributed by atoms with van der Waals surface area (Å²) in [5.74, 6) is -1.25. The lowest BCUT2D eigenvalue weighted by Gasteiger charge is -2.25. The van der Waals surface area contributed by atoms with Gasteiger partial charge in [-0.25, -0.2) is 0 Å². The molecular weight excluding hydrogens is 290 g/mol. The SMILES string of the molecule is CC(C)c1nnc(NC(=O)C2(C(=O)O)CCCCCC2)s1. The molecule has 0 atom stereocenters. The van der Waals surface area contributed by atoms with Crippen molar-refractivity contribution >= 4 is 28.3 Å². The summed E-state index contributed by atoms with van der Waals surface area (Å²) in [5.41, 5.74) is -1.32. The maximum Gasteiger partial charge on any atom is 0.319 e. The van der Waals surface area contributed by atoms with E-state index in [0.29, 0.717) is 18.0 Å². The molecule has 2 N–H and O–H groups in total. The molecule has 0 radical (unpaired) electrons. The minimum atomic E-state index is -1.32. The third kappa shape index (κ3) is 3.40. The number of carbonyl (C=O) groups excluding carboxylic acids is 1. The highest BCUT2D eigenvalue weighted by atomic mass is 32.1. The normalized spacial score (nSPS) is 18.2. The van der Waals surface area contributed by atoms with Gasteiger partial charge in [0.15, 0.2) is 0 Å². The highest BCUT2D eigenvalue weighted by molar-refractivity contribution is 7.15. The van der Waals surface area contributed by atoms with Crippen LogP contribution in [0.1, 0.15) is 63.3 Å². The number of nitrogens with one attached hydrogen (secondary N) is 1. The predicted octanol–water partition coefficient (Wildman–Crippen LogP) is 3.03. The van der Waals surface area contributed by atoms with Crippen molar-refractivity contribution < 1.29 is 14.7 Å². The molecule has 1 aliphatic rings. The first-order chi connectivity index (χ1) is 9.95. The van der Waals surface area contributed by atoms with E-state index < -0.39 is 17.3 Å². The van der Waals surface area contributed by atoms with Crippen molar-refractivity contribution in [3.63, 3.8) is 0 Å². The predicted molar refractivity (Wildman–Crippen MR) is 80.4 cm³/mol. The highest BCUT2D eigenvalue weighted by Crippen LogP contribution is 2.37. The molecule has 6 nitrogen and oxygen atoms in total. The van der Waals surface area contributed by atoms with E-state index in [1.807, 2.05) is 13.8 Å². The third-order valence-corrected chi connectivity index (χ3v) is 5.10. The maximum absolute atomic E-state index is 12.5. The molecule has 1 aromatic rings. The largest absolute Gasteiger partial charge is 0.480 e. The van der Waals surface area contributed by atoms with E-state index in [1.54, 1.807) is 0 Å². The summed E-state index contributed by atoms with van der Waals surface area (Å²) in [4.78, 5) is 24.2. The molecule has 1 saturated carbocycles. The second-order valence-corrected chi connectivity index (χ2v) is 6.86. The van der Waals surface area contributed by atoms with Crippen molar-refractivity contribution in [1.29, 1.82) is 0 Å². The minimum Gasteiger partial charge on any atom is -0.480 e. The van der Waals surface area contributed by atoms with Gasteiger partial charge in [0, 0.05) is 5.92 Å². The molecule has 0 spiro atoms. The Kier molecular flexibility index (Phi) is 4.92. The first kappa shape index (κ1) is 15.9. The zero-order valence-electron chi connectivity index (χ0n) is 12.4. The van der Waals surface area contributed by atoms with Gasteiger partial charge < -0.3 is 5.11 Å². The lowest BCUT2D eigenvalue weighted by atomic mass is 9.79. The van der Waals surface area contributed by atoms with Gasteiger partial charge >= 0.3 is 5.97 Å². The number of aliphatic carboxylic acids is 1. The Hall–Kier alpha value is -1.50. The number of rotatable bonds is 4. The van der Waals surface area contributed by atoms with Gasteiger partial charge in [-0.3, -0.25) is 14.9 Å². The molecule has 1 heterocycles. The second kappa shape index (κ2) is 6.51. The van der Waals surface area contributed by atoms with Crippen molar-refractivity contribution in [2.75, 3.05) is 5.32 Å². The number of aromatic nitrogens is 2. The lowest BCUT2D eigenvalue weighted by molar-refractivity contribution is -0.155. The van der Waals surface area contributed by atoms with Gasteiger partial charge in [0.05, 0.1) is 0 Å². The molecule has 0 aliphatic heterocycles. The zero-order valence-corrected chi connectivity index (χ0v) is 13.2.